The summed E-state index contributed by atoms with van der Waals surface area (Å²) in [5.41, 5.74) is 4.50. The van der Waals surface area contributed by atoms with Crippen molar-refractivity contribution in [1.82, 2.24) is 10.6 Å². The molecule has 0 spiro atoms. The van der Waals surface area contributed by atoms with E-state index >= 15 is 0 Å². The first kappa shape index (κ1) is 17.4. The monoisotopic (exact) mass is 262 g/mol. The SMILES string of the molecule is CC(C)(N[C@](C)(O)NCCCON)C(=O)CCN. The molecule has 7 heteroatoms. The molecule has 0 aromatic heterocycles. The highest BCUT2D eigenvalue weighted by Gasteiger charge is 2.33. The van der Waals surface area contributed by atoms with Crippen LogP contribution in [0, 0.1) is 0 Å². The summed E-state index contributed by atoms with van der Waals surface area (Å²) in [6.07, 6.45) is 0.933. The Morgan fingerprint density at radius 2 is 2.00 bits per heavy atom. The maximum absolute atomic E-state index is 11.8. The minimum Gasteiger partial charge on any atom is -0.363 e. The van der Waals surface area contributed by atoms with Crippen LogP contribution >= 0.6 is 0 Å². The Balaban J connectivity index is 4.23. The average Bonchev–Trinajstić information content (AvgIpc) is 2.23. The second-order valence-corrected chi connectivity index (χ2v) is 4.94. The summed E-state index contributed by atoms with van der Waals surface area (Å²) in [5.74, 6) is 3.50. The predicted octanol–water partition coefficient (Wildman–Crippen LogP) is -1.19. The van der Waals surface area contributed by atoms with E-state index < -0.39 is 11.4 Å². The molecular formula is C11H26N4O3. The van der Waals surface area contributed by atoms with E-state index in [1.807, 2.05) is 0 Å². The second-order valence-electron chi connectivity index (χ2n) is 4.94. The number of Topliss-reactive ketones (excluding diaryl/α,β-unsaturated/α-hetero) is 1. The van der Waals surface area contributed by atoms with Gasteiger partial charge in [-0.2, -0.15) is 0 Å². The molecular weight excluding hydrogens is 236 g/mol. The van der Waals surface area contributed by atoms with Gasteiger partial charge in [-0.25, -0.2) is 5.90 Å². The fourth-order valence-corrected chi connectivity index (χ4v) is 1.65. The van der Waals surface area contributed by atoms with Crippen LogP contribution in [0.1, 0.15) is 33.6 Å². The third-order valence-electron chi connectivity index (χ3n) is 2.53. The molecule has 18 heavy (non-hydrogen) atoms. The topological polar surface area (TPSA) is 123 Å². The van der Waals surface area contributed by atoms with Crippen molar-refractivity contribution in [3.63, 3.8) is 0 Å². The van der Waals surface area contributed by atoms with Gasteiger partial charge >= 0.3 is 0 Å². The van der Waals surface area contributed by atoms with Gasteiger partial charge in [-0.1, -0.05) is 0 Å². The van der Waals surface area contributed by atoms with Gasteiger partial charge in [-0.15, -0.1) is 0 Å². The molecule has 0 aliphatic heterocycles. The molecule has 0 amide bonds. The zero-order valence-electron chi connectivity index (χ0n) is 11.5. The number of nitrogens with one attached hydrogen (secondary N) is 2. The smallest absolute Gasteiger partial charge is 0.169 e. The Morgan fingerprint density at radius 3 is 2.50 bits per heavy atom. The third kappa shape index (κ3) is 7.00. The van der Waals surface area contributed by atoms with Gasteiger partial charge in [0.25, 0.3) is 0 Å². The van der Waals surface area contributed by atoms with Crippen LogP contribution in [0.3, 0.4) is 0 Å². The summed E-state index contributed by atoms with van der Waals surface area (Å²) in [7, 11) is 0. The largest absolute Gasteiger partial charge is 0.363 e. The number of ketones is 1. The number of rotatable bonds is 10. The number of nitrogens with two attached hydrogens (primary N) is 2. The molecule has 7 N–H and O–H groups in total. The van der Waals surface area contributed by atoms with Gasteiger partial charge in [0.05, 0.1) is 12.1 Å². The molecule has 0 bridgehead atoms. The summed E-state index contributed by atoms with van der Waals surface area (Å²) in [6.45, 7) is 6.19. The van der Waals surface area contributed by atoms with Crippen LogP contribution < -0.4 is 22.3 Å². The lowest BCUT2D eigenvalue weighted by Crippen LogP contribution is -2.64. The highest BCUT2D eigenvalue weighted by Crippen LogP contribution is 2.10. The number of hydrogen-bond acceptors (Lipinski definition) is 7. The van der Waals surface area contributed by atoms with Crippen LogP contribution in [-0.4, -0.2) is 42.0 Å². The number of carbonyl (C=O) groups is 1. The molecule has 1 atom stereocenters. The zero-order valence-corrected chi connectivity index (χ0v) is 11.5. The van der Waals surface area contributed by atoms with E-state index in [2.05, 4.69) is 15.5 Å². The minimum atomic E-state index is -1.34. The lowest BCUT2D eigenvalue weighted by atomic mass is 9.96. The van der Waals surface area contributed by atoms with Gasteiger partial charge in [0.15, 0.2) is 11.6 Å². The first-order valence-electron chi connectivity index (χ1n) is 6.07. The van der Waals surface area contributed by atoms with Gasteiger partial charge in [0.1, 0.15) is 0 Å². The zero-order chi connectivity index (χ0) is 14.2. The summed E-state index contributed by atoms with van der Waals surface area (Å²) < 4.78 is 0. The van der Waals surface area contributed by atoms with Crippen LogP contribution in [0.4, 0.5) is 0 Å². The molecule has 0 fully saturated rings. The van der Waals surface area contributed by atoms with Crippen molar-refractivity contribution in [3.8, 4) is 0 Å². The Labute approximate surface area is 108 Å². The lowest BCUT2D eigenvalue weighted by molar-refractivity contribution is -0.129. The van der Waals surface area contributed by atoms with E-state index in [4.69, 9.17) is 11.6 Å². The molecule has 0 aromatic rings. The maximum Gasteiger partial charge on any atom is 0.169 e. The van der Waals surface area contributed by atoms with Gasteiger partial charge in [-0.05, 0) is 33.7 Å². The normalized spacial score (nSPS) is 15.4. The molecule has 0 aliphatic carbocycles. The average molecular weight is 262 g/mol. The number of aliphatic hydroxyl groups is 1. The second kappa shape index (κ2) is 7.78. The standard InChI is InChI=1S/C11H26N4O3/c1-10(2,9(16)5-6-12)15-11(3,17)14-7-4-8-18-13/h14-15,17H,4-8,12-13H2,1-3H3/t11-/m1/s1. The lowest BCUT2D eigenvalue weighted by Gasteiger charge is -2.35. The molecule has 0 radical (unpaired) electrons. The van der Waals surface area contributed by atoms with Crippen molar-refractivity contribution >= 4 is 5.78 Å². The third-order valence-corrected chi connectivity index (χ3v) is 2.53. The summed E-state index contributed by atoms with van der Waals surface area (Å²) in [4.78, 5) is 16.2. The van der Waals surface area contributed by atoms with Crippen LogP contribution in [0.2, 0.25) is 0 Å². The van der Waals surface area contributed by atoms with E-state index in [0.717, 1.165) is 0 Å². The molecule has 108 valence electrons. The van der Waals surface area contributed by atoms with Crippen molar-refractivity contribution in [2.45, 2.75) is 45.0 Å². The Kier molecular flexibility index (Phi) is 7.53. The van der Waals surface area contributed by atoms with Crippen LogP contribution in [0.5, 0.6) is 0 Å². The van der Waals surface area contributed by atoms with Crippen molar-refractivity contribution in [3.05, 3.63) is 0 Å². The molecule has 0 heterocycles. The minimum absolute atomic E-state index is 0.0441. The van der Waals surface area contributed by atoms with E-state index in [9.17, 15) is 9.90 Å². The van der Waals surface area contributed by atoms with Gasteiger partial charge in [-0.3, -0.25) is 15.4 Å². The molecule has 0 saturated carbocycles. The van der Waals surface area contributed by atoms with Crippen molar-refractivity contribution in [2.75, 3.05) is 19.7 Å². The van der Waals surface area contributed by atoms with E-state index in [-0.39, 0.29) is 12.2 Å². The first-order chi connectivity index (χ1) is 8.25. The molecule has 0 aromatic carbocycles. The number of carbonyl (C=O) groups excluding carboxylic acids is 1. The van der Waals surface area contributed by atoms with Crippen molar-refractivity contribution in [1.29, 1.82) is 0 Å². The maximum atomic E-state index is 11.8. The molecule has 0 aliphatic rings. The Morgan fingerprint density at radius 1 is 1.39 bits per heavy atom. The van der Waals surface area contributed by atoms with Crippen molar-refractivity contribution in [2.24, 2.45) is 11.6 Å². The van der Waals surface area contributed by atoms with Gasteiger partial charge in [0.2, 0.25) is 0 Å². The molecule has 0 saturated heterocycles. The highest BCUT2D eigenvalue weighted by atomic mass is 16.6. The van der Waals surface area contributed by atoms with Gasteiger partial charge < -0.3 is 15.7 Å². The predicted molar refractivity (Wildman–Crippen MR) is 69.3 cm³/mol. The van der Waals surface area contributed by atoms with E-state index in [0.29, 0.717) is 26.1 Å². The van der Waals surface area contributed by atoms with Crippen molar-refractivity contribution < 1.29 is 14.7 Å². The van der Waals surface area contributed by atoms with Crippen LogP contribution in [-0.2, 0) is 9.63 Å². The van der Waals surface area contributed by atoms with E-state index in [1.165, 1.54) is 0 Å². The first-order valence-corrected chi connectivity index (χ1v) is 6.07. The van der Waals surface area contributed by atoms with E-state index in [1.54, 1.807) is 20.8 Å². The Bertz CT molecular complexity index is 257. The van der Waals surface area contributed by atoms with Crippen LogP contribution in [0.25, 0.3) is 0 Å². The number of hydrogen-bond donors (Lipinski definition) is 5. The van der Waals surface area contributed by atoms with Crippen LogP contribution in [0.15, 0.2) is 0 Å². The molecule has 7 nitrogen and oxygen atoms in total. The summed E-state index contributed by atoms with van der Waals surface area (Å²) in [6, 6.07) is 0. The molecule has 0 rings (SSSR count). The highest BCUT2D eigenvalue weighted by molar-refractivity contribution is 5.87. The van der Waals surface area contributed by atoms with Gasteiger partial charge in [0, 0.05) is 13.0 Å². The summed E-state index contributed by atoms with van der Waals surface area (Å²) in [5, 5.41) is 15.8. The Hall–Kier alpha value is -0.570. The fraction of sp³-hybridized carbons (Fsp3) is 0.909. The summed E-state index contributed by atoms with van der Waals surface area (Å²) >= 11 is 0. The molecule has 0 unspecified atom stereocenters. The quantitative estimate of drug-likeness (QED) is 0.190. The fourth-order valence-electron chi connectivity index (χ4n) is 1.65.